The van der Waals surface area contributed by atoms with Crippen LogP contribution < -0.4 is 11.2 Å². The van der Waals surface area contributed by atoms with Crippen molar-refractivity contribution < 1.29 is 13.2 Å². The zero-order chi connectivity index (χ0) is 18.5. The number of hydrogen-bond acceptors (Lipinski definition) is 4. The van der Waals surface area contributed by atoms with Gasteiger partial charge in [0.2, 0.25) is 0 Å². The molecule has 3 heterocycles. The number of benzene rings is 1. The highest BCUT2D eigenvalue weighted by Crippen LogP contribution is 2.28. The summed E-state index contributed by atoms with van der Waals surface area (Å²) in [6, 6.07) is 8.62. The van der Waals surface area contributed by atoms with Gasteiger partial charge in [0.15, 0.2) is 5.52 Å². The molecule has 0 radical (unpaired) electrons. The number of hydrogen-bond donors (Lipinski definition) is 1. The van der Waals surface area contributed by atoms with Crippen LogP contribution in [0.2, 0.25) is 0 Å². The highest BCUT2D eigenvalue weighted by Gasteiger charge is 2.33. The van der Waals surface area contributed by atoms with Gasteiger partial charge in [0.05, 0.1) is 17.4 Å². The maximum absolute atomic E-state index is 12.9. The summed E-state index contributed by atoms with van der Waals surface area (Å²) in [5, 5.41) is 1.23. The van der Waals surface area contributed by atoms with Gasteiger partial charge in [-0.25, -0.2) is 14.3 Å². The average molecular weight is 358 g/mol. The monoisotopic (exact) mass is 358 g/mol. The Balaban J connectivity index is 2.10. The van der Waals surface area contributed by atoms with E-state index < -0.39 is 28.6 Å². The summed E-state index contributed by atoms with van der Waals surface area (Å²) < 4.78 is 39.5. The zero-order valence-corrected chi connectivity index (χ0v) is 12.9. The molecule has 1 aromatic carbocycles. The minimum atomic E-state index is -4.71. The number of H-pyrrole nitrogens is 1. The Labute approximate surface area is 142 Å². The third kappa shape index (κ3) is 2.44. The van der Waals surface area contributed by atoms with E-state index in [2.05, 4.69) is 15.0 Å². The molecule has 3 aromatic heterocycles. The highest BCUT2D eigenvalue weighted by molar-refractivity contribution is 5.89. The van der Waals surface area contributed by atoms with Crippen molar-refractivity contribution in [3.05, 3.63) is 75.3 Å². The summed E-state index contributed by atoms with van der Waals surface area (Å²) in [5.41, 5.74) is -3.34. The van der Waals surface area contributed by atoms with Crippen molar-refractivity contribution in [1.82, 2.24) is 19.5 Å². The molecule has 0 fully saturated rings. The fourth-order valence-electron chi connectivity index (χ4n) is 2.75. The number of rotatable bonds is 1. The Morgan fingerprint density at radius 2 is 1.77 bits per heavy atom. The fraction of sp³-hybridized carbons (Fsp3) is 0.0588. The number of aromatic amines is 1. The lowest BCUT2D eigenvalue weighted by atomic mass is 10.1. The standard InChI is InChI=1S/C17H9F3N4O2/c18-17(19,20)13-6-5-11-14(23-13)15(25)24(16(26)22-11)12-8-21-7-9-3-1-2-4-10(9)12/h1-8H,(H,22,26). The van der Waals surface area contributed by atoms with Crippen molar-refractivity contribution in [3.63, 3.8) is 0 Å². The number of nitrogens with zero attached hydrogens (tertiary/aromatic N) is 3. The first-order valence-corrected chi connectivity index (χ1v) is 7.43. The second kappa shape index (κ2) is 5.51. The average Bonchev–Trinajstić information content (AvgIpc) is 2.61. The first-order chi connectivity index (χ1) is 12.4. The lowest BCUT2D eigenvalue weighted by molar-refractivity contribution is -0.140. The van der Waals surface area contributed by atoms with Gasteiger partial charge in [-0.3, -0.25) is 9.78 Å². The molecule has 9 heteroatoms. The molecule has 0 unspecified atom stereocenters. The molecule has 4 aromatic rings. The summed E-state index contributed by atoms with van der Waals surface area (Å²) >= 11 is 0. The van der Waals surface area contributed by atoms with Gasteiger partial charge in [0, 0.05) is 17.0 Å². The molecule has 0 aliphatic heterocycles. The molecule has 130 valence electrons. The first-order valence-electron chi connectivity index (χ1n) is 7.43. The normalized spacial score (nSPS) is 12.0. The van der Waals surface area contributed by atoms with Crippen LogP contribution in [0.3, 0.4) is 0 Å². The SMILES string of the molecule is O=c1[nH]c2ccc(C(F)(F)F)nc2c(=O)n1-c1cncc2ccccc12. The second-order valence-electron chi connectivity index (χ2n) is 5.54. The molecule has 0 saturated carbocycles. The number of aromatic nitrogens is 4. The van der Waals surface area contributed by atoms with Gasteiger partial charge in [0.1, 0.15) is 5.69 Å². The molecule has 0 atom stereocenters. The van der Waals surface area contributed by atoms with Gasteiger partial charge in [-0.05, 0) is 12.1 Å². The van der Waals surface area contributed by atoms with Crippen LogP contribution in [0.25, 0.3) is 27.5 Å². The largest absolute Gasteiger partial charge is 0.433 e. The molecule has 0 amide bonds. The minimum absolute atomic E-state index is 0.0718. The van der Waals surface area contributed by atoms with Crippen LogP contribution in [0, 0.1) is 0 Å². The Morgan fingerprint density at radius 1 is 1.00 bits per heavy atom. The summed E-state index contributed by atoms with van der Waals surface area (Å²) in [5.74, 6) is 0. The Morgan fingerprint density at radius 3 is 2.54 bits per heavy atom. The molecule has 1 N–H and O–H groups in total. The Kier molecular flexibility index (Phi) is 3.39. The second-order valence-corrected chi connectivity index (χ2v) is 5.54. The molecule has 0 aliphatic carbocycles. The molecule has 0 spiro atoms. The molecule has 0 saturated heterocycles. The van der Waals surface area contributed by atoms with Crippen molar-refractivity contribution in [2.45, 2.75) is 6.18 Å². The number of fused-ring (bicyclic) bond motifs is 2. The van der Waals surface area contributed by atoms with E-state index in [1.165, 1.54) is 6.20 Å². The Bertz CT molecular complexity index is 1270. The van der Waals surface area contributed by atoms with Crippen molar-refractivity contribution in [2.75, 3.05) is 0 Å². The predicted molar refractivity (Wildman–Crippen MR) is 88.3 cm³/mol. The van der Waals surface area contributed by atoms with Crippen molar-refractivity contribution in [1.29, 1.82) is 0 Å². The number of halogens is 3. The van der Waals surface area contributed by atoms with E-state index in [0.717, 1.165) is 10.6 Å². The number of pyridine rings is 2. The van der Waals surface area contributed by atoms with Gasteiger partial charge in [-0.2, -0.15) is 13.2 Å². The number of nitrogens with one attached hydrogen (secondary N) is 1. The third-order valence-corrected chi connectivity index (χ3v) is 3.92. The van der Waals surface area contributed by atoms with Crippen LogP contribution in [0.4, 0.5) is 13.2 Å². The van der Waals surface area contributed by atoms with Crippen LogP contribution in [0.1, 0.15) is 5.69 Å². The Hall–Kier alpha value is -3.49. The summed E-state index contributed by atoms with van der Waals surface area (Å²) in [4.78, 5) is 35.0. The third-order valence-electron chi connectivity index (χ3n) is 3.92. The minimum Gasteiger partial charge on any atom is -0.305 e. The van der Waals surface area contributed by atoms with Crippen LogP contribution in [0.15, 0.2) is 58.4 Å². The van der Waals surface area contributed by atoms with Crippen molar-refractivity contribution in [3.8, 4) is 5.69 Å². The summed E-state index contributed by atoms with van der Waals surface area (Å²) in [6.45, 7) is 0. The summed E-state index contributed by atoms with van der Waals surface area (Å²) in [6.07, 6.45) is -1.85. The van der Waals surface area contributed by atoms with Gasteiger partial charge >= 0.3 is 11.9 Å². The molecule has 26 heavy (non-hydrogen) atoms. The number of alkyl halides is 3. The van der Waals surface area contributed by atoms with Gasteiger partial charge in [-0.1, -0.05) is 24.3 Å². The maximum atomic E-state index is 12.9. The van der Waals surface area contributed by atoms with Crippen molar-refractivity contribution >= 4 is 21.8 Å². The lowest BCUT2D eigenvalue weighted by Gasteiger charge is -2.10. The van der Waals surface area contributed by atoms with Crippen molar-refractivity contribution in [2.24, 2.45) is 0 Å². The van der Waals surface area contributed by atoms with E-state index in [9.17, 15) is 22.8 Å². The van der Waals surface area contributed by atoms with Crippen LogP contribution in [-0.4, -0.2) is 19.5 Å². The van der Waals surface area contributed by atoms with Crippen LogP contribution in [0.5, 0.6) is 0 Å². The molecular formula is C17H9F3N4O2. The maximum Gasteiger partial charge on any atom is 0.433 e. The molecule has 0 aliphatic rings. The van der Waals surface area contributed by atoms with E-state index in [1.807, 2.05) is 0 Å². The molecular weight excluding hydrogens is 349 g/mol. The smallest absolute Gasteiger partial charge is 0.305 e. The van der Waals surface area contributed by atoms with Gasteiger partial charge in [0.25, 0.3) is 5.56 Å². The molecule has 4 rings (SSSR count). The van der Waals surface area contributed by atoms with Gasteiger partial charge < -0.3 is 4.98 Å². The summed E-state index contributed by atoms with van der Waals surface area (Å²) in [7, 11) is 0. The predicted octanol–water partition coefficient (Wildman–Crippen LogP) is 2.64. The van der Waals surface area contributed by atoms with Crippen LogP contribution in [-0.2, 0) is 6.18 Å². The van der Waals surface area contributed by atoms with Gasteiger partial charge in [-0.15, -0.1) is 0 Å². The van der Waals surface area contributed by atoms with E-state index in [4.69, 9.17) is 0 Å². The quantitative estimate of drug-likeness (QED) is 0.567. The van der Waals surface area contributed by atoms with Crippen LogP contribution >= 0.6 is 0 Å². The highest BCUT2D eigenvalue weighted by atomic mass is 19.4. The van der Waals surface area contributed by atoms with E-state index >= 15 is 0 Å². The lowest BCUT2D eigenvalue weighted by Crippen LogP contribution is -2.34. The van der Waals surface area contributed by atoms with E-state index in [-0.39, 0.29) is 11.2 Å². The molecule has 6 nitrogen and oxygen atoms in total. The fourth-order valence-corrected chi connectivity index (χ4v) is 2.75. The van der Waals surface area contributed by atoms with E-state index in [0.29, 0.717) is 16.8 Å². The van der Waals surface area contributed by atoms with E-state index in [1.54, 1.807) is 30.5 Å². The first kappa shape index (κ1) is 16.0. The zero-order valence-electron chi connectivity index (χ0n) is 12.9. The molecule has 0 bridgehead atoms. The topological polar surface area (TPSA) is 80.6 Å².